The molecule has 1 heteroatoms. The summed E-state index contributed by atoms with van der Waals surface area (Å²) in [6.45, 7) is 6.27. The first-order valence-electron chi connectivity index (χ1n) is 6.51. The molecule has 88 valence electrons. The predicted molar refractivity (Wildman–Crippen MR) is 68.1 cm³/mol. The van der Waals surface area contributed by atoms with Crippen LogP contribution in [0.1, 0.15) is 58.3 Å². The number of rotatable bonds is 6. The third kappa shape index (κ3) is 3.64. The second kappa shape index (κ2) is 6.32. The number of unbranched alkanes of at least 4 members (excludes halogenated alkanes) is 1. The monoisotopic (exact) mass is 209 g/mol. The van der Waals surface area contributed by atoms with Crippen LogP contribution in [0.4, 0.5) is 0 Å². The highest BCUT2D eigenvalue weighted by atomic mass is 14.9. The second-order valence-electron chi connectivity index (χ2n) is 5.28. The summed E-state index contributed by atoms with van der Waals surface area (Å²) in [6.07, 6.45) is 12.9. The molecule has 1 nitrogen and oxygen atoms in total. The van der Waals surface area contributed by atoms with Gasteiger partial charge in [0.05, 0.1) is 0 Å². The molecule has 1 saturated carbocycles. The maximum absolute atomic E-state index is 3.79. The Bertz CT molecular complexity index is 180. The average Bonchev–Trinajstić information content (AvgIpc) is 2.25. The minimum atomic E-state index is 0.550. The fourth-order valence-electron chi connectivity index (χ4n) is 3.02. The van der Waals surface area contributed by atoms with Crippen molar-refractivity contribution in [3.8, 4) is 0 Å². The summed E-state index contributed by atoms with van der Waals surface area (Å²) in [4.78, 5) is 0. The first-order valence-corrected chi connectivity index (χ1v) is 6.51. The van der Waals surface area contributed by atoms with Crippen molar-refractivity contribution in [2.75, 3.05) is 7.05 Å². The summed E-state index contributed by atoms with van der Waals surface area (Å²) in [7, 11) is 2.12. The SMILES string of the molecule is C=CCCCC(NC)C1(C)CCCCC1. The van der Waals surface area contributed by atoms with Crippen molar-refractivity contribution in [1.29, 1.82) is 0 Å². The zero-order valence-corrected chi connectivity index (χ0v) is 10.5. The van der Waals surface area contributed by atoms with Crippen molar-refractivity contribution in [1.82, 2.24) is 5.32 Å². The van der Waals surface area contributed by atoms with Crippen molar-refractivity contribution in [2.24, 2.45) is 5.41 Å². The zero-order valence-electron chi connectivity index (χ0n) is 10.5. The molecule has 0 heterocycles. The van der Waals surface area contributed by atoms with Gasteiger partial charge in [-0.25, -0.2) is 0 Å². The van der Waals surface area contributed by atoms with Gasteiger partial charge in [-0.15, -0.1) is 6.58 Å². The number of hydrogen-bond acceptors (Lipinski definition) is 1. The van der Waals surface area contributed by atoms with Crippen LogP contribution in [0.3, 0.4) is 0 Å². The largest absolute Gasteiger partial charge is 0.316 e. The van der Waals surface area contributed by atoms with E-state index in [-0.39, 0.29) is 0 Å². The molecule has 0 spiro atoms. The highest BCUT2D eigenvalue weighted by Crippen LogP contribution is 2.40. The molecule has 1 N–H and O–H groups in total. The Balaban J connectivity index is 2.43. The van der Waals surface area contributed by atoms with Gasteiger partial charge in [-0.1, -0.05) is 32.3 Å². The molecule has 0 radical (unpaired) electrons. The fourth-order valence-corrected chi connectivity index (χ4v) is 3.02. The standard InChI is InChI=1S/C14H27N/c1-4-5-7-10-13(15-3)14(2)11-8-6-9-12-14/h4,13,15H,1,5-12H2,2-3H3. The molecular weight excluding hydrogens is 182 g/mol. The lowest BCUT2D eigenvalue weighted by molar-refractivity contribution is 0.142. The van der Waals surface area contributed by atoms with Gasteiger partial charge in [0.15, 0.2) is 0 Å². The number of allylic oxidation sites excluding steroid dienone is 1. The van der Waals surface area contributed by atoms with Crippen molar-refractivity contribution < 1.29 is 0 Å². The Morgan fingerprint density at radius 3 is 2.53 bits per heavy atom. The van der Waals surface area contributed by atoms with E-state index in [4.69, 9.17) is 0 Å². The van der Waals surface area contributed by atoms with Crippen molar-refractivity contribution in [2.45, 2.75) is 64.3 Å². The van der Waals surface area contributed by atoms with Crippen LogP contribution in [0.2, 0.25) is 0 Å². The van der Waals surface area contributed by atoms with Crippen LogP contribution in [0.25, 0.3) is 0 Å². The first kappa shape index (κ1) is 12.8. The molecule has 0 aromatic heterocycles. The van der Waals surface area contributed by atoms with Crippen LogP contribution < -0.4 is 5.32 Å². The minimum absolute atomic E-state index is 0.550. The maximum Gasteiger partial charge on any atom is 0.0118 e. The van der Waals surface area contributed by atoms with Gasteiger partial charge in [-0.2, -0.15) is 0 Å². The number of hydrogen-bond donors (Lipinski definition) is 1. The molecule has 1 rings (SSSR count). The topological polar surface area (TPSA) is 12.0 Å². The Morgan fingerprint density at radius 1 is 1.33 bits per heavy atom. The summed E-state index contributed by atoms with van der Waals surface area (Å²) in [5.74, 6) is 0. The highest BCUT2D eigenvalue weighted by Gasteiger charge is 2.33. The van der Waals surface area contributed by atoms with E-state index in [0.29, 0.717) is 11.5 Å². The van der Waals surface area contributed by atoms with E-state index in [1.54, 1.807) is 0 Å². The lowest BCUT2D eigenvalue weighted by atomic mass is 9.69. The quantitative estimate of drug-likeness (QED) is 0.517. The smallest absolute Gasteiger partial charge is 0.0118 e. The van der Waals surface area contributed by atoms with Gasteiger partial charge in [0, 0.05) is 6.04 Å². The third-order valence-electron chi connectivity index (χ3n) is 4.09. The summed E-state index contributed by atoms with van der Waals surface area (Å²) >= 11 is 0. The van der Waals surface area contributed by atoms with Crippen LogP contribution in [0, 0.1) is 5.41 Å². The van der Waals surface area contributed by atoms with Crippen LogP contribution in [0.15, 0.2) is 12.7 Å². The normalized spacial score (nSPS) is 22.3. The highest BCUT2D eigenvalue weighted by molar-refractivity contribution is 4.89. The Labute approximate surface area is 95.3 Å². The van der Waals surface area contributed by atoms with Crippen LogP contribution in [-0.4, -0.2) is 13.1 Å². The fraction of sp³-hybridized carbons (Fsp3) is 0.857. The summed E-state index contributed by atoms with van der Waals surface area (Å²) < 4.78 is 0. The van der Waals surface area contributed by atoms with E-state index < -0.39 is 0 Å². The molecule has 1 unspecified atom stereocenters. The van der Waals surface area contributed by atoms with E-state index in [0.717, 1.165) is 6.42 Å². The molecule has 0 aromatic carbocycles. The van der Waals surface area contributed by atoms with E-state index in [1.165, 1.54) is 44.9 Å². The maximum atomic E-state index is 3.79. The number of nitrogens with one attached hydrogen (secondary N) is 1. The summed E-state index contributed by atoms with van der Waals surface area (Å²) in [5, 5.41) is 3.54. The summed E-state index contributed by atoms with van der Waals surface area (Å²) in [6, 6.07) is 0.706. The second-order valence-corrected chi connectivity index (χ2v) is 5.28. The van der Waals surface area contributed by atoms with Gasteiger partial charge in [0.2, 0.25) is 0 Å². The Hall–Kier alpha value is -0.300. The lowest BCUT2D eigenvalue weighted by Crippen LogP contribution is -2.43. The molecule has 15 heavy (non-hydrogen) atoms. The first-order chi connectivity index (χ1) is 7.23. The Kier molecular flexibility index (Phi) is 5.38. The molecule has 0 aromatic rings. The van der Waals surface area contributed by atoms with Gasteiger partial charge >= 0.3 is 0 Å². The van der Waals surface area contributed by atoms with Crippen LogP contribution in [0.5, 0.6) is 0 Å². The zero-order chi connectivity index (χ0) is 11.1. The minimum Gasteiger partial charge on any atom is -0.316 e. The van der Waals surface area contributed by atoms with E-state index in [9.17, 15) is 0 Å². The lowest BCUT2D eigenvalue weighted by Gasteiger charge is -2.41. The molecule has 1 aliphatic rings. The van der Waals surface area contributed by atoms with Crippen molar-refractivity contribution in [3.63, 3.8) is 0 Å². The van der Waals surface area contributed by atoms with Crippen molar-refractivity contribution >= 4 is 0 Å². The van der Waals surface area contributed by atoms with E-state index >= 15 is 0 Å². The van der Waals surface area contributed by atoms with Gasteiger partial charge < -0.3 is 5.32 Å². The summed E-state index contributed by atoms with van der Waals surface area (Å²) in [5.41, 5.74) is 0.550. The third-order valence-corrected chi connectivity index (χ3v) is 4.09. The van der Waals surface area contributed by atoms with Crippen molar-refractivity contribution in [3.05, 3.63) is 12.7 Å². The van der Waals surface area contributed by atoms with Gasteiger partial charge in [-0.3, -0.25) is 0 Å². The van der Waals surface area contributed by atoms with E-state index in [1.807, 2.05) is 6.08 Å². The molecule has 0 aliphatic heterocycles. The van der Waals surface area contributed by atoms with Crippen LogP contribution in [-0.2, 0) is 0 Å². The molecular formula is C14H27N. The van der Waals surface area contributed by atoms with Gasteiger partial charge in [-0.05, 0) is 44.6 Å². The van der Waals surface area contributed by atoms with Gasteiger partial charge in [0.1, 0.15) is 0 Å². The molecule has 1 atom stereocenters. The Morgan fingerprint density at radius 2 is 2.00 bits per heavy atom. The van der Waals surface area contributed by atoms with Crippen LogP contribution >= 0.6 is 0 Å². The molecule has 0 saturated heterocycles. The van der Waals surface area contributed by atoms with E-state index in [2.05, 4.69) is 25.9 Å². The molecule has 0 amide bonds. The molecule has 1 aliphatic carbocycles. The molecule has 1 fully saturated rings. The molecule has 0 bridgehead atoms. The average molecular weight is 209 g/mol. The predicted octanol–water partition coefficient (Wildman–Crippen LogP) is 3.90. The van der Waals surface area contributed by atoms with Gasteiger partial charge in [0.25, 0.3) is 0 Å².